The molecule has 1 aliphatic rings. The second-order valence-corrected chi connectivity index (χ2v) is 7.87. The van der Waals surface area contributed by atoms with E-state index in [9.17, 15) is 14.4 Å². The molecule has 0 aromatic rings. The molecule has 0 saturated carbocycles. The predicted octanol–water partition coefficient (Wildman–Crippen LogP) is 1.88. The Labute approximate surface area is 141 Å². The van der Waals surface area contributed by atoms with E-state index in [1.165, 1.54) is 16.7 Å². The van der Waals surface area contributed by atoms with Crippen LogP contribution in [-0.2, 0) is 19.1 Å². The number of rotatable bonds is 8. The normalized spacial score (nSPS) is 19.3. The number of primary amides is 1. The van der Waals surface area contributed by atoms with Crippen molar-refractivity contribution in [3.05, 3.63) is 0 Å². The Balaban J connectivity index is 2.71. The summed E-state index contributed by atoms with van der Waals surface area (Å²) in [7, 11) is 0. The monoisotopic (exact) mass is 346 g/mol. The lowest BCUT2D eigenvalue weighted by atomic mass is 10.1. The second-order valence-electron chi connectivity index (χ2n) is 6.56. The Kier molecular flexibility index (Phi) is 6.47. The molecule has 7 nitrogen and oxygen atoms in total. The van der Waals surface area contributed by atoms with E-state index in [0.29, 0.717) is 0 Å². The number of nitrogens with two attached hydrogens (primary N) is 1. The smallest absolute Gasteiger partial charge is 0.406 e. The number of hydrogen-bond donors (Lipinski definition) is 1. The van der Waals surface area contributed by atoms with Gasteiger partial charge in [0.1, 0.15) is 0 Å². The maximum atomic E-state index is 12.4. The number of carbonyl (C=O) groups is 3. The number of thioether (sulfide) groups is 1. The Bertz CT molecular complexity index is 478. The molecule has 1 rings (SSSR count). The van der Waals surface area contributed by atoms with Gasteiger partial charge in [-0.1, -0.05) is 6.92 Å². The Hall–Kier alpha value is -1.28. The first kappa shape index (κ1) is 19.8. The zero-order chi connectivity index (χ0) is 17.8. The van der Waals surface area contributed by atoms with Gasteiger partial charge in [0.15, 0.2) is 0 Å². The number of hydrogen-bond acceptors (Lipinski definition) is 6. The van der Waals surface area contributed by atoms with Crippen molar-refractivity contribution in [1.82, 2.24) is 4.90 Å². The maximum absolute atomic E-state index is 12.4. The number of amides is 3. The third kappa shape index (κ3) is 6.02. The van der Waals surface area contributed by atoms with Crippen molar-refractivity contribution in [1.29, 1.82) is 0 Å². The van der Waals surface area contributed by atoms with Crippen molar-refractivity contribution < 1.29 is 23.9 Å². The fourth-order valence-electron chi connectivity index (χ4n) is 2.55. The minimum Gasteiger partial charge on any atom is -0.418 e. The van der Waals surface area contributed by atoms with Crippen LogP contribution in [0.25, 0.3) is 0 Å². The molecule has 0 aromatic carbocycles. The van der Waals surface area contributed by atoms with Gasteiger partial charge < -0.3 is 15.2 Å². The molecular weight excluding hydrogens is 320 g/mol. The van der Waals surface area contributed by atoms with Crippen LogP contribution in [0.3, 0.4) is 0 Å². The first-order valence-electron chi connectivity index (χ1n) is 7.62. The summed E-state index contributed by atoms with van der Waals surface area (Å²) in [5.41, 5.74) is 4.13. The first-order chi connectivity index (χ1) is 10.5. The van der Waals surface area contributed by atoms with E-state index in [1.807, 2.05) is 6.92 Å². The molecule has 8 heteroatoms. The van der Waals surface area contributed by atoms with Crippen LogP contribution in [-0.4, -0.2) is 51.7 Å². The average molecular weight is 346 g/mol. The van der Waals surface area contributed by atoms with Crippen LogP contribution < -0.4 is 5.73 Å². The summed E-state index contributed by atoms with van der Waals surface area (Å²) in [6, 6.07) is 0. The van der Waals surface area contributed by atoms with E-state index in [1.54, 1.807) is 27.7 Å². The molecule has 2 N–H and O–H groups in total. The summed E-state index contributed by atoms with van der Waals surface area (Å²) >= 11 is 1.51. The molecule has 1 unspecified atom stereocenters. The molecule has 0 aliphatic carbocycles. The maximum Gasteiger partial charge on any atom is 0.406 e. The van der Waals surface area contributed by atoms with Gasteiger partial charge in [-0.25, -0.2) is 4.79 Å². The minimum atomic E-state index is -1.25. The van der Waals surface area contributed by atoms with Crippen molar-refractivity contribution in [2.24, 2.45) is 5.73 Å². The van der Waals surface area contributed by atoms with Crippen LogP contribution in [0.15, 0.2) is 0 Å². The number of carbonyl (C=O) groups excluding carboxylic acids is 3. The van der Waals surface area contributed by atoms with Crippen LogP contribution in [0, 0.1) is 0 Å². The highest BCUT2D eigenvalue weighted by molar-refractivity contribution is 8.00. The fourth-order valence-corrected chi connectivity index (χ4v) is 3.60. The van der Waals surface area contributed by atoms with E-state index in [-0.39, 0.29) is 30.0 Å². The molecule has 23 heavy (non-hydrogen) atoms. The van der Waals surface area contributed by atoms with Gasteiger partial charge in [-0.15, -0.1) is 11.8 Å². The van der Waals surface area contributed by atoms with E-state index >= 15 is 0 Å². The van der Waals surface area contributed by atoms with Crippen LogP contribution in [0.1, 0.15) is 47.5 Å². The molecule has 0 spiro atoms. The largest absolute Gasteiger partial charge is 0.418 e. The van der Waals surface area contributed by atoms with Crippen molar-refractivity contribution in [3.8, 4) is 0 Å². The zero-order valence-electron chi connectivity index (χ0n) is 14.4. The SMILES string of the molecule is CCCSC1CC(=O)N(CC(C)(C)OC(C)(C)OC(N)=O)C1=O. The molecule has 1 fully saturated rings. The van der Waals surface area contributed by atoms with Crippen LogP contribution >= 0.6 is 11.8 Å². The van der Waals surface area contributed by atoms with Gasteiger partial charge in [-0.3, -0.25) is 14.5 Å². The quantitative estimate of drug-likeness (QED) is 0.532. The molecule has 1 aliphatic heterocycles. The predicted molar refractivity (Wildman–Crippen MR) is 87.8 cm³/mol. The molecule has 1 atom stereocenters. The summed E-state index contributed by atoms with van der Waals surface area (Å²) in [6.07, 6.45) is 0.228. The summed E-state index contributed by atoms with van der Waals surface area (Å²) in [5.74, 6) is -0.790. The highest BCUT2D eigenvalue weighted by Crippen LogP contribution is 2.29. The lowest BCUT2D eigenvalue weighted by molar-refractivity contribution is -0.235. The molecule has 132 valence electrons. The van der Waals surface area contributed by atoms with Gasteiger partial charge in [0.2, 0.25) is 17.6 Å². The first-order valence-corrected chi connectivity index (χ1v) is 8.67. The molecule has 0 radical (unpaired) electrons. The van der Waals surface area contributed by atoms with Crippen molar-refractivity contribution >= 4 is 29.7 Å². The van der Waals surface area contributed by atoms with Gasteiger partial charge in [0.05, 0.1) is 17.4 Å². The van der Waals surface area contributed by atoms with Crippen LogP contribution in [0.4, 0.5) is 4.79 Å². The molecule has 3 amide bonds. The molecule has 0 bridgehead atoms. The van der Waals surface area contributed by atoms with Crippen LogP contribution in [0.2, 0.25) is 0 Å². The second kappa shape index (κ2) is 7.53. The molecular formula is C15H26N2O5S. The molecule has 1 saturated heterocycles. The standard InChI is InChI=1S/C15H26N2O5S/c1-6-7-23-10-8-11(18)17(12(10)19)9-14(2,3)22-15(4,5)21-13(16)20/h10H,6-9H2,1-5H3,(H2,16,20). The van der Waals surface area contributed by atoms with Gasteiger partial charge in [0, 0.05) is 20.3 Å². The van der Waals surface area contributed by atoms with E-state index < -0.39 is 17.5 Å². The molecule has 0 aromatic heterocycles. The topological polar surface area (TPSA) is 98.9 Å². The van der Waals surface area contributed by atoms with Crippen molar-refractivity contribution in [2.75, 3.05) is 12.3 Å². The Morgan fingerprint density at radius 2 is 1.96 bits per heavy atom. The van der Waals surface area contributed by atoms with E-state index in [4.69, 9.17) is 15.2 Å². The highest BCUT2D eigenvalue weighted by atomic mass is 32.2. The zero-order valence-corrected chi connectivity index (χ0v) is 15.2. The van der Waals surface area contributed by atoms with Gasteiger partial charge in [-0.05, 0) is 26.0 Å². The summed E-state index contributed by atoms with van der Waals surface area (Å²) in [4.78, 5) is 36.6. The highest BCUT2D eigenvalue weighted by Gasteiger charge is 2.43. The van der Waals surface area contributed by atoms with Gasteiger partial charge >= 0.3 is 6.09 Å². The number of ether oxygens (including phenoxy) is 2. The van der Waals surface area contributed by atoms with Crippen LogP contribution in [0.5, 0.6) is 0 Å². The Morgan fingerprint density at radius 3 is 2.48 bits per heavy atom. The Morgan fingerprint density at radius 1 is 1.35 bits per heavy atom. The summed E-state index contributed by atoms with van der Waals surface area (Å²) < 4.78 is 10.6. The lowest BCUT2D eigenvalue weighted by Crippen LogP contribution is -2.49. The fraction of sp³-hybridized carbons (Fsp3) is 0.800. The van der Waals surface area contributed by atoms with E-state index in [2.05, 4.69) is 0 Å². The third-order valence-corrected chi connectivity index (χ3v) is 4.55. The van der Waals surface area contributed by atoms with Crippen molar-refractivity contribution in [3.63, 3.8) is 0 Å². The van der Waals surface area contributed by atoms with Gasteiger partial charge in [-0.2, -0.15) is 0 Å². The number of imide groups is 1. The lowest BCUT2D eigenvalue weighted by Gasteiger charge is -2.36. The number of likely N-dealkylation sites (tertiary alicyclic amines) is 1. The number of nitrogens with zero attached hydrogens (tertiary/aromatic N) is 1. The third-order valence-electron chi connectivity index (χ3n) is 3.13. The van der Waals surface area contributed by atoms with Crippen molar-refractivity contribution in [2.45, 2.75) is 64.1 Å². The summed E-state index contributed by atoms with van der Waals surface area (Å²) in [5, 5.41) is -0.312. The minimum absolute atomic E-state index is 0.0966. The molecule has 1 heterocycles. The van der Waals surface area contributed by atoms with E-state index in [0.717, 1.165) is 12.2 Å². The summed E-state index contributed by atoms with van der Waals surface area (Å²) in [6.45, 7) is 8.68. The van der Waals surface area contributed by atoms with Gasteiger partial charge in [0.25, 0.3) is 0 Å². The average Bonchev–Trinajstić information content (AvgIpc) is 2.60.